The van der Waals surface area contributed by atoms with Gasteiger partial charge in [-0.15, -0.1) is 0 Å². The Labute approximate surface area is 116 Å². The molecule has 0 aliphatic heterocycles. The van der Waals surface area contributed by atoms with Gasteiger partial charge >= 0.3 is 0 Å². The van der Waals surface area contributed by atoms with E-state index in [0.717, 1.165) is 6.42 Å². The summed E-state index contributed by atoms with van der Waals surface area (Å²) in [5.74, 6) is -0.0452. The van der Waals surface area contributed by atoms with E-state index in [1.165, 1.54) is 5.56 Å². The number of rotatable bonds is 3. The summed E-state index contributed by atoms with van der Waals surface area (Å²) in [5, 5.41) is 0.849. The lowest BCUT2D eigenvalue weighted by molar-refractivity contribution is 0.103. The van der Waals surface area contributed by atoms with Gasteiger partial charge in [0.15, 0.2) is 5.78 Å². The molecule has 0 N–H and O–H groups in total. The molecule has 3 heteroatoms. The molecular formula is C15H12Cl2O. The summed E-state index contributed by atoms with van der Waals surface area (Å²) in [7, 11) is 0. The minimum absolute atomic E-state index is 0.0452. The third-order valence-electron chi connectivity index (χ3n) is 2.81. The van der Waals surface area contributed by atoms with Crippen LogP contribution in [-0.2, 0) is 6.42 Å². The van der Waals surface area contributed by atoms with Crippen LogP contribution < -0.4 is 0 Å². The molecule has 2 rings (SSSR count). The number of halogens is 2. The molecule has 2 aromatic rings. The maximum absolute atomic E-state index is 12.2. The summed E-state index contributed by atoms with van der Waals surface area (Å²) in [6.45, 7) is 2.08. The van der Waals surface area contributed by atoms with Crippen LogP contribution in [0.1, 0.15) is 28.4 Å². The van der Waals surface area contributed by atoms with Crippen LogP contribution in [-0.4, -0.2) is 5.78 Å². The number of hydrogen-bond acceptors (Lipinski definition) is 1. The van der Waals surface area contributed by atoms with Gasteiger partial charge in [-0.05, 0) is 30.2 Å². The topological polar surface area (TPSA) is 17.1 Å². The van der Waals surface area contributed by atoms with Crippen molar-refractivity contribution < 1.29 is 4.79 Å². The average Bonchev–Trinajstić information content (AvgIpc) is 2.41. The van der Waals surface area contributed by atoms with E-state index < -0.39 is 0 Å². The fourth-order valence-electron chi connectivity index (χ4n) is 1.70. The van der Waals surface area contributed by atoms with Gasteiger partial charge in [0.05, 0.1) is 10.0 Å². The molecule has 0 bridgehead atoms. The minimum atomic E-state index is -0.0452. The first-order valence-corrected chi connectivity index (χ1v) is 6.46. The highest BCUT2D eigenvalue weighted by molar-refractivity contribution is 6.42. The van der Waals surface area contributed by atoms with Crippen molar-refractivity contribution in [1.82, 2.24) is 0 Å². The molecule has 0 amide bonds. The molecule has 92 valence electrons. The monoisotopic (exact) mass is 278 g/mol. The van der Waals surface area contributed by atoms with Gasteiger partial charge in [-0.25, -0.2) is 0 Å². The van der Waals surface area contributed by atoms with Crippen LogP contribution in [0.5, 0.6) is 0 Å². The molecule has 2 aromatic carbocycles. The normalized spacial score (nSPS) is 10.4. The van der Waals surface area contributed by atoms with Crippen LogP contribution in [0.2, 0.25) is 10.0 Å². The van der Waals surface area contributed by atoms with Gasteiger partial charge in [0.25, 0.3) is 0 Å². The van der Waals surface area contributed by atoms with Crippen LogP contribution in [0.15, 0.2) is 42.5 Å². The number of benzene rings is 2. The van der Waals surface area contributed by atoms with E-state index in [-0.39, 0.29) is 5.78 Å². The molecule has 0 radical (unpaired) electrons. The zero-order valence-corrected chi connectivity index (χ0v) is 11.4. The van der Waals surface area contributed by atoms with Crippen LogP contribution in [0.25, 0.3) is 0 Å². The molecule has 0 aliphatic carbocycles. The van der Waals surface area contributed by atoms with Crippen molar-refractivity contribution in [3.05, 3.63) is 69.2 Å². The second-order valence-corrected chi connectivity index (χ2v) is 4.82. The quantitative estimate of drug-likeness (QED) is 0.738. The van der Waals surface area contributed by atoms with Crippen molar-refractivity contribution in [3.8, 4) is 0 Å². The molecule has 0 heterocycles. The van der Waals surface area contributed by atoms with Crippen LogP contribution in [0, 0.1) is 0 Å². The molecule has 18 heavy (non-hydrogen) atoms. The zero-order valence-electron chi connectivity index (χ0n) is 9.91. The van der Waals surface area contributed by atoms with Crippen LogP contribution >= 0.6 is 23.2 Å². The van der Waals surface area contributed by atoms with E-state index in [1.54, 1.807) is 18.2 Å². The van der Waals surface area contributed by atoms with Crippen molar-refractivity contribution in [2.24, 2.45) is 0 Å². The van der Waals surface area contributed by atoms with Crippen molar-refractivity contribution in [1.29, 1.82) is 0 Å². The Morgan fingerprint density at radius 3 is 2.11 bits per heavy atom. The lowest BCUT2D eigenvalue weighted by atomic mass is 10.0. The summed E-state index contributed by atoms with van der Waals surface area (Å²) < 4.78 is 0. The third-order valence-corrected chi connectivity index (χ3v) is 3.55. The van der Waals surface area contributed by atoms with Crippen LogP contribution in [0.3, 0.4) is 0 Å². The van der Waals surface area contributed by atoms with E-state index in [0.29, 0.717) is 21.2 Å². The van der Waals surface area contributed by atoms with E-state index in [1.807, 2.05) is 24.3 Å². The lowest BCUT2D eigenvalue weighted by Gasteiger charge is -2.04. The standard InChI is InChI=1S/C15H12Cl2O/c1-2-10-3-5-11(6-4-10)15(18)12-7-8-13(16)14(17)9-12/h3-9H,2H2,1H3. The molecule has 0 saturated carbocycles. The first-order valence-electron chi connectivity index (χ1n) is 5.70. The smallest absolute Gasteiger partial charge is 0.193 e. The summed E-state index contributed by atoms with van der Waals surface area (Å²) in [6, 6.07) is 12.5. The van der Waals surface area contributed by atoms with Gasteiger partial charge in [-0.1, -0.05) is 54.4 Å². The molecule has 0 fully saturated rings. The van der Waals surface area contributed by atoms with E-state index in [9.17, 15) is 4.79 Å². The van der Waals surface area contributed by atoms with E-state index in [4.69, 9.17) is 23.2 Å². The fourth-order valence-corrected chi connectivity index (χ4v) is 1.99. The number of carbonyl (C=O) groups is 1. The van der Waals surface area contributed by atoms with Crippen molar-refractivity contribution in [2.75, 3.05) is 0 Å². The zero-order chi connectivity index (χ0) is 13.1. The Balaban J connectivity index is 2.32. The highest BCUT2D eigenvalue weighted by Crippen LogP contribution is 2.24. The Kier molecular flexibility index (Phi) is 4.05. The largest absolute Gasteiger partial charge is 0.289 e. The molecular weight excluding hydrogens is 267 g/mol. The Hall–Kier alpha value is -1.31. The van der Waals surface area contributed by atoms with Gasteiger partial charge in [0.1, 0.15) is 0 Å². The van der Waals surface area contributed by atoms with E-state index >= 15 is 0 Å². The highest BCUT2D eigenvalue weighted by Gasteiger charge is 2.10. The van der Waals surface area contributed by atoms with E-state index in [2.05, 4.69) is 6.92 Å². The number of ketones is 1. The van der Waals surface area contributed by atoms with Gasteiger partial charge in [0, 0.05) is 11.1 Å². The van der Waals surface area contributed by atoms with Gasteiger partial charge in [-0.2, -0.15) is 0 Å². The first-order chi connectivity index (χ1) is 8.61. The highest BCUT2D eigenvalue weighted by atomic mass is 35.5. The number of hydrogen-bond donors (Lipinski definition) is 0. The van der Waals surface area contributed by atoms with Gasteiger partial charge < -0.3 is 0 Å². The first kappa shape index (κ1) is 13.1. The predicted molar refractivity (Wildman–Crippen MR) is 75.7 cm³/mol. The molecule has 0 unspecified atom stereocenters. The van der Waals surface area contributed by atoms with Crippen molar-refractivity contribution in [3.63, 3.8) is 0 Å². The second kappa shape index (κ2) is 5.55. The molecule has 1 nitrogen and oxygen atoms in total. The molecule has 0 aliphatic rings. The maximum atomic E-state index is 12.2. The lowest BCUT2D eigenvalue weighted by Crippen LogP contribution is -2.01. The summed E-state index contributed by atoms with van der Waals surface area (Å²) in [6.07, 6.45) is 0.960. The Morgan fingerprint density at radius 2 is 1.56 bits per heavy atom. The van der Waals surface area contributed by atoms with Crippen molar-refractivity contribution >= 4 is 29.0 Å². The van der Waals surface area contributed by atoms with Gasteiger partial charge in [-0.3, -0.25) is 4.79 Å². The second-order valence-electron chi connectivity index (χ2n) is 4.01. The van der Waals surface area contributed by atoms with Crippen molar-refractivity contribution in [2.45, 2.75) is 13.3 Å². The summed E-state index contributed by atoms with van der Waals surface area (Å²) >= 11 is 11.7. The average molecular weight is 279 g/mol. The molecule has 0 atom stereocenters. The van der Waals surface area contributed by atoms with Crippen LogP contribution in [0.4, 0.5) is 0 Å². The summed E-state index contributed by atoms with van der Waals surface area (Å²) in [4.78, 5) is 12.2. The summed E-state index contributed by atoms with van der Waals surface area (Å²) in [5.41, 5.74) is 2.42. The number of aryl methyl sites for hydroxylation is 1. The number of carbonyl (C=O) groups excluding carboxylic acids is 1. The fraction of sp³-hybridized carbons (Fsp3) is 0.133. The Morgan fingerprint density at radius 1 is 0.944 bits per heavy atom. The maximum Gasteiger partial charge on any atom is 0.193 e. The SMILES string of the molecule is CCc1ccc(C(=O)c2ccc(Cl)c(Cl)c2)cc1. The van der Waals surface area contributed by atoms with Gasteiger partial charge in [0.2, 0.25) is 0 Å². The molecule has 0 spiro atoms. The minimum Gasteiger partial charge on any atom is -0.289 e. The Bertz CT molecular complexity index is 574. The predicted octanol–water partition coefficient (Wildman–Crippen LogP) is 4.79. The molecule has 0 saturated heterocycles. The molecule has 0 aromatic heterocycles. The third kappa shape index (κ3) is 2.74.